The maximum atomic E-state index is 6.45. The van der Waals surface area contributed by atoms with Crippen LogP contribution in [0, 0.1) is 13.8 Å². The standard InChI is InChI=1S/2C24H23O.Zr/c2*1-16-8-15-23(25-16)22-14-13-21-19(6-5-7-20(21)22)17-9-11-18(12-10-17)24(2,3)4;/h2*5-13,15,22H,1-4H3;. The van der Waals surface area contributed by atoms with Crippen LogP contribution in [0.3, 0.4) is 0 Å². The molecule has 6 aromatic rings. The first kappa shape index (κ1) is 33.9. The van der Waals surface area contributed by atoms with Gasteiger partial charge in [0.25, 0.3) is 0 Å². The molecule has 4 aromatic carbocycles. The quantitative estimate of drug-likeness (QED) is 0.170. The number of hydrogen-bond acceptors (Lipinski definition) is 2. The third-order valence-corrected chi connectivity index (χ3v) is 14.2. The van der Waals surface area contributed by atoms with Crippen LogP contribution in [0.4, 0.5) is 0 Å². The Kier molecular flexibility index (Phi) is 8.50. The van der Waals surface area contributed by atoms with E-state index in [4.69, 9.17) is 8.83 Å². The van der Waals surface area contributed by atoms with Crippen molar-refractivity contribution in [3.05, 3.63) is 172 Å². The summed E-state index contributed by atoms with van der Waals surface area (Å²) in [7, 11) is 0. The summed E-state index contributed by atoms with van der Waals surface area (Å²) in [6.45, 7) is 17.8. The Hall–Kier alpha value is -4.20. The summed E-state index contributed by atoms with van der Waals surface area (Å²) < 4.78 is 15.9. The van der Waals surface area contributed by atoms with E-state index in [0.717, 1.165) is 23.0 Å². The van der Waals surface area contributed by atoms with Crippen molar-refractivity contribution in [1.29, 1.82) is 0 Å². The van der Waals surface area contributed by atoms with Crippen molar-refractivity contribution in [2.45, 2.75) is 78.1 Å². The minimum absolute atomic E-state index is 0.113. The number of benzene rings is 4. The Bertz CT molecular complexity index is 2150. The van der Waals surface area contributed by atoms with Crippen molar-refractivity contribution < 1.29 is 32.1 Å². The van der Waals surface area contributed by atoms with E-state index in [1.165, 1.54) is 62.2 Å². The van der Waals surface area contributed by atoms with Gasteiger partial charge in [0.2, 0.25) is 0 Å². The van der Waals surface area contributed by atoms with Crippen LogP contribution >= 0.6 is 0 Å². The van der Waals surface area contributed by atoms with E-state index in [0.29, 0.717) is 0 Å². The predicted molar refractivity (Wildman–Crippen MR) is 208 cm³/mol. The van der Waals surface area contributed by atoms with Crippen LogP contribution < -0.4 is 0 Å². The van der Waals surface area contributed by atoms with Gasteiger partial charge in [0.05, 0.1) is 0 Å². The summed E-state index contributed by atoms with van der Waals surface area (Å²) in [5.74, 6) is 4.22. The molecular weight excluding hydrogens is 700 g/mol. The van der Waals surface area contributed by atoms with E-state index in [-0.39, 0.29) is 22.7 Å². The second-order valence-corrected chi connectivity index (χ2v) is 19.8. The first-order chi connectivity index (χ1) is 24.3. The van der Waals surface area contributed by atoms with Gasteiger partial charge in [-0.15, -0.1) is 0 Å². The fourth-order valence-electron chi connectivity index (χ4n) is 7.82. The number of hydrogen-bond donors (Lipinski definition) is 0. The first-order valence-electron chi connectivity index (χ1n) is 18.2. The topological polar surface area (TPSA) is 26.3 Å². The molecule has 0 amide bonds. The molecule has 8 rings (SSSR count). The van der Waals surface area contributed by atoms with Gasteiger partial charge >= 0.3 is 317 Å². The molecule has 254 valence electrons. The molecule has 0 saturated heterocycles. The number of fused-ring (bicyclic) bond motifs is 2. The van der Waals surface area contributed by atoms with E-state index in [1.807, 2.05) is 0 Å². The molecule has 0 radical (unpaired) electrons. The fourth-order valence-corrected chi connectivity index (χ4v) is 11.9. The Morgan fingerprint density at radius 1 is 0.471 bits per heavy atom. The van der Waals surface area contributed by atoms with Crippen molar-refractivity contribution in [3.8, 4) is 22.3 Å². The molecule has 0 aliphatic heterocycles. The van der Waals surface area contributed by atoms with Gasteiger partial charge in [0, 0.05) is 0 Å². The van der Waals surface area contributed by atoms with E-state index in [2.05, 4.69) is 177 Å². The Morgan fingerprint density at radius 3 is 1.20 bits per heavy atom. The molecular formula is C48H46O2Zr. The average Bonchev–Trinajstić information content (AvgIpc) is 3.88. The fraction of sp³-hybridized carbons (Fsp3) is 0.250. The molecule has 2 aliphatic carbocycles. The molecule has 2 heterocycles. The van der Waals surface area contributed by atoms with Crippen LogP contribution in [0.2, 0.25) is 0 Å². The number of furan rings is 2. The van der Waals surface area contributed by atoms with E-state index in [1.54, 1.807) is 0 Å². The van der Waals surface area contributed by atoms with Crippen LogP contribution in [0.25, 0.3) is 34.4 Å². The molecule has 0 fully saturated rings. The van der Waals surface area contributed by atoms with Gasteiger partial charge < -0.3 is 0 Å². The zero-order valence-corrected chi connectivity index (χ0v) is 33.5. The van der Waals surface area contributed by atoms with E-state index >= 15 is 0 Å². The monoisotopic (exact) mass is 744 g/mol. The van der Waals surface area contributed by atoms with Crippen LogP contribution in [-0.2, 0) is 34.1 Å². The number of allylic oxidation sites excluding steroid dienone is 2. The van der Waals surface area contributed by atoms with Crippen LogP contribution in [0.5, 0.6) is 0 Å². The van der Waals surface area contributed by atoms with Gasteiger partial charge in [0.15, 0.2) is 0 Å². The molecule has 2 aliphatic rings. The molecule has 3 heteroatoms. The van der Waals surface area contributed by atoms with Gasteiger partial charge in [0.1, 0.15) is 0 Å². The van der Waals surface area contributed by atoms with Crippen LogP contribution in [0.1, 0.15) is 110 Å². The van der Waals surface area contributed by atoms with Crippen molar-refractivity contribution in [1.82, 2.24) is 0 Å². The second-order valence-electron chi connectivity index (χ2n) is 16.4. The van der Waals surface area contributed by atoms with Crippen LogP contribution in [-0.4, -0.2) is 0 Å². The number of rotatable bonds is 6. The summed E-state index contributed by atoms with van der Waals surface area (Å²) in [5.41, 5.74) is 13.4. The van der Waals surface area contributed by atoms with Gasteiger partial charge in [-0.2, -0.15) is 0 Å². The SMILES string of the molecule is Cc1ccc(C2[C]([Zr][C]3=Cc4c(-c5ccc(C(C)(C)C)cc5)cccc4C3c3ccc(C)o3)=Cc3c(-c4ccc(C(C)(C)C)cc4)cccc32)o1. The van der Waals surface area contributed by atoms with Crippen molar-refractivity contribution in [3.63, 3.8) is 0 Å². The molecule has 2 nitrogen and oxygen atoms in total. The summed E-state index contributed by atoms with van der Waals surface area (Å²) >= 11 is -1.37. The van der Waals surface area contributed by atoms with E-state index in [9.17, 15) is 0 Å². The first-order valence-corrected chi connectivity index (χ1v) is 20.6. The van der Waals surface area contributed by atoms with Gasteiger partial charge in [-0.05, 0) is 0 Å². The molecule has 51 heavy (non-hydrogen) atoms. The molecule has 2 unspecified atom stereocenters. The molecule has 2 aromatic heterocycles. The Morgan fingerprint density at radius 2 is 0.863 bits per heavy atom. The second kappa shape index (κ2) is 12.8. The molecule has 0 saturated carbocycles. The normalized spacial score (nSPS) is 16.9. The van der Waals surface area contributed by atoms with Gasteiger partial charge in [-0.25, -0.2) is 0 Å². The van der Waals surface area contributed by atoms with Gasteiger partial charge in [-0.1, -0.05) is 0 Å². The molecule has 0 bridgehead atoms. The average molecular weight is 746 g/mol. The van der Waals surface area contributed by atoms with Crippen LogP contribution in [0.15, 0.2) is 125 Å². The van der Waals surface area contributed by atoms with Crippen molar-refractivity contribution in [2.24, 2.45) is 0 Å². The minimum atomic E-state index is -1.37. The zero-order chi connectivity index (χ0) is 35.7. The van der Waals surface area contributed by atoms with Crippen molar-refractivity contribution >= 4 is 12.2 Å². The Labute approximate surface area is 314 Å². The molecule has 0 spiro atoms. The molecule has 0 N–H and O–H groups in total. The third-order valence-electron chi connectivity index (χ3n) is 10.6. The maximum absolute atomic E-state index is 6.45. The summed E-state index contributed by atoms with van der Waals surface area (Å²) in [6, 6.07) is 40.7. The summed E-state index contributed by atoms with van der Waals surface area (Å²) in [6.07, 6.45) is 5.05. The third kappa shape index (κ3) is 6.33. The number of aryl methyl sites for hydroxylation is 2. The summed E-state index contributed by atoms with van der Waals surface area (Å²) in [4.78, 5) is 0. The Balaban J connectivity index is 1.24. The van der Waals surface area contributed by atoms with Crippen molar-refractivity contribution in [2.75, 3.05) is 0 Å². The molecule has 2 atom stereocenters. The summed E-state index contributed by atoms with van der Waals surface area (Å²) in [5, 5.41) is 0. The predicted octanol–water partition coefficient (Wildman–Crippen LogP) is 13.2. The zero-order valence-electron chi connectivity index (χ0n) is 31.0. The van der Waals surface area contributed by atoms with E-state index < -0.39 is 23.2 Å². The van der Waals surface area contributed by atoms with Gasteiger partial charge in [-0.3, -0.25) is 0 Å².